The molecular formula is C15H13N3O3S. The van der Waals surface area contributed by atoms with Crippen molar-refractivity contribution in [2.45, 2.75) is 0 Å². The van der Waals surface area contributed by atoms with Gasteiger partial charge in [-0.2, -0.15) is 0 Å². The average Bonchev–Trinajstić information content (AvgIpc) is 2.55. The van der Waals surface area contributed by atoms with E-state index in [2.05, 4.69) is 15.6 Å². The first-order valence-corrected chi connectivity index (χ1v) is 7.05. The number of nitrogens with zero attached hydrogens (tertiary/aromatic N) is 1. The summed E-state index contributed by atoms with van der Waals surface area (Å²) in [5.74, 6) is 0.877. The number of aromatic nitrogens is 1. The Bertz CT molecular complexity index is 706. The lowest BCUT2D eigenvalue weighted by molar-refractivity contribution is 0.0976. The van der Waals surface area contributed by atoms with E-state index < -0.39 is 0 Å². The highest BCUT2D eigenvalue weighted by molar-refractivity contribution is 7.80. The first-order chi connectivity index (χ1) is 10.7. The second kappa shape index (κ2) is 6.40. The first kappa shape index (κ1) is 14.3. The Hall–Kier alpha value is -2.67. The Morgan fingerprint density at radius 1 is 1.18 bits per heavy atom. The molecule has 7 heteroatoms. The van der Waals surface area contributed by atoms with E-state index in [1.54, 1.807) is 42.7 Å². The van der Waals surface area contributed by atoms with Gasteiger partial charge < -0.3 is 14.8 Å². The maximum absolute atomic E-state index is 12.2. The second-order valence-corrected chi connectivity index (χ2v) is 4.92. The van der Waals surface area contributed by atoms with Crippen molar-refractivity contribution in [3.63, 3.8) is 0 Å². The third-order valence-corrected chi connectivity index (χ3v) is 3.15. The molecule has 0 spiro atoms. The minimum absolute atomic E-state index is 0.202. The summed E-state index contributed by atoms with van der Waals surface area (Å²) in [4.78, 5) is 16.1. The average molecular weight is 315 g/mol. The Balaban J connectivity index is 1.65. The van der Waals surface area contributed by atoms with Gasteiger partial charge in [0.2, 0.25) is 0 Å². The molecular weight excluding hydrogens is 302 g/mol. The Labute approximate surface area is 132 Å². The van der Waals surface area contributed by atoms with Crippen LogP contribution in [0.2, 0.25) is 0 Å². The van der Waals surface area contributed by atoms with Gasteiger partial charge in [-0.15, -0.1) is 0 Å². The fourth-order valence-electron chi connectivity index (χ4n) is 1.96. The number of hydrogen-bond acceptors (Lipinski definition) is 5. The van der Waals surface area contributed by atoms with Gasteiger partial charge >= 0.3 is 0 Å². The van der Waals surface area contributed by atoms with Gasteiger partial charge in [-0.3, -0.25) is 15.1 Å². The number of thiocarbonyl (C=S) groups is 1. The topological polar surface area (TPSA) is 72.5 Å². The molecule has 0 atom stereocenters. The van der Waals surface area contributed by atoms with E-state index in [1.807, 2.05) is 0 Å². The number of benzene rings is 1. The van der Waals surface area contributed by atoms with Crippen molar-refractivity contribution in [3.8, 4) is 11.5 Å². The molecule has 2 aromatic rings. The number of carbonyl (C=O) groups is 1. The number of anilines is 1. The molecule has 0 saturated carbocycles. The SMILES string of the molecule is O=C(NC(=S)Nc1cccnc1)c1ccc2c(c1)OCCO2. The van der Waals surface area contributed by atoms with Gasteiger partial charge in [-0.1, -0.05) is 0 Å². The zero-order valence-electron chi connectivity index (χ0n) is 11.5. The van der Waals surface area contributed by atoms with Gasteiger partial charge in [0.1, 0.15) is 13.2 Å². The Morgan fingerprint density at radius 3 is 2.77 bits per heavy atom. The Morgan fingerprint density at radius 2 is 2.00 bits per heavy atom. The second-order valence-electron chi connectivity index (χ2n) is 4.51. The van der Waals surface area contributed by atoms with Crippen LogP contribution in [-0.2, 0) is 0 Å². The van der Waals surface area contributed by atoms with E-state index in [1.165, 1.54) is 0 Å². The van der Waals surface area contributed by atoms with Crippen LogP contribution >= 0.6 is 12.2 Å². The van der Waals surface area contributed by atoms with Gasteiger partial charge in [0.25, 0.3) is 5.91 Å². The van der Waals surface area contributed by atoms with Crippen LogP contribution in [0.4, 0.5) is 5.69 Å². The van der Waals surface area contributed by atoms with E-state index in [9.17, 15) is 4.79 Å². The molecule has 0 aliphatic carbocycles. The molecule has 2 N–H and O–H groups in total. The van der Waals surface area contributed by atoms with Crippen molar-refractivity contribution < 1.29 is 14.3 Å². The van der Waals surface area contributed by atoms with Crippen LogP contribution < -0.4 is 20.1 Å². The number of amides is 1. The predicted octanol–water partition coefficient (Wildman–Crippen LogP) is 1.98. The molecule has 0 fully saturated rings. The monoisotopic (exact) mass is 315 g/mol. The van der Waals surface area contributed by atoms with Gasteiger partial charge in [-0.25, -0.2) is 0 Å². The minimum Gasteiger partial charge on any atom is -0.486 e. The molecule has 1 amide bonds. The number of ether oxygens (including phenoxy) is 2. The van der Waals surface area contributed by atoms with Crippen LogP contribution in [0.3, 0.4) is 0 Å². The highest BCUT2D eigenvalue weighted by Crippen LogP contribution is 2.30. The molecule has 0 saturated heterocycles. The molecule has 0 radical (unpaired) electrons. The van der Waals surface area contributed by atoms with Crippen LogP contribution in [0.5, 0.6) is 11.5 Å². The lowest BCUT2D eigenvalue weighted by Gasteiger charge is -2.18. The maximum Gasteiger partial charge on any atom is 0.257 e. The molecule has 1 aromatic carbocycles. The van der Waals surface area contributed by atoms with E-state index in [0.717, 1.165) is 0 Å². The van der Waals surface area contributed by atoms with E-state index in [4.69, 9.17) is 21.7 Å². The van der Waals surface area contributed by atoms with Crippen molar-refractivity contribution in [1.82, 2.24) is 10.3 Å². The standard InChI is InChI=1S/C15H13N3O3S/c19-14(18-15(22)17-11-2-1-5-16-9-11)10-3-4-12-13(8-10)21-7-6-20-12/h1-5,8-9H,6-7H2,(H2,17,18,19,22). The third kappa shape index (κ3) is 3.32. The van der Waals surface area contributed by atoms with Gasteiger partial charge in [0, 0.05) is 11.8 Å². The third-order valence-electron chi connectivity index (χ3n) is 2.95. The van der Waals surface area contributed by atoms with Crippen LogP contribution in [0.1, 0.15) is 10.4 Å². The zero-order chi connectivity index (χ0) is 15.4. The van der Waals surface area contributed by atoms with Crippen LogP contribution in [0.15, 0.2) is 42.7 Å². The lowest BCUT2D eigenvalue weighted by atomic mass is 10.2. The molecule has 0 unspecified atom stereocenters. The zero-order valence-corrected chi connectivity index (χ0v) is 12.4. The minimum atomic E-state index is -0.321. The van der Waals surface area contributed by atoms with E-state index in [0.29, 0.717) is 36.0 Å². The Kier molecular flexibility index (Phi) is 4.15. The normalized spacial score (nSPS) is 12.4. The van der Waals surface area contributed by atoms with Crippen LogP contribution in [0, 0.1) is 0 Å². The van der Waals surface area contributed by atoms with Crippen LogP contribution in [0.25, 0.3) is 0 Å². The van der Waals surface area contributed by atoms with E-state index in [-0.39, 0.29) is 11.0 Å². The van der Waals surface area contributed by atoms with Crippen molar-refractivity contribution >= 4 is 28.9 Å². The summed E-state index contributed by atoms with van der Waals surface area (Å²) in [7, 11) is 0. The van der Waals surface area contributed by atoms with Gasteiger partial charge in [-0.05, 0) is 42.5 Å². The van der Waals surface area contributed by atoms with E-state index >= 15 is 0 Å². The summed E-state index contributed by atoms with van der Waals surface area (Å²) < 4.78 is 10.9. The molecule has 6 nitrogen and oxygen atoms in total. The molecule has 1 aliphatic heterocycles. The van der Waals surface area contributed by atoms with Crippen molar-refractivity contribution in [2.75, 3.05) is 18.5 Å². The molecule has 2 heterocycles. The predicted molar refractivity (Wildman–Crippen MR) is 85.4 cm³/mol. The number of hydrogen-bond donors (Lipinski definition) is 2. The van der Waals surface area contributed by atoms with Gasteiger partial charge in [0.15, 0.2) is 16.6 Å². The van der Waals surface area contributed by atoms with Crippen LogP contribution in [-0.4, -0.2) is 29.2 Å². The number of fused-ring (bicyclic) bond motifs is 1. The van der Waals surface area contributed by atoms with Crippen molar-refractivity contribution in [2.24, 2.45) is 0 Å². The quantitative estimate of drug-likeness (QED) is 0.826. The highest BCUT2D eigenvalue weighted by atomic mass is 32.1. The van der Waals surface area contributed by atoms with Gasteiger partial charge in [0.05, 0.1) is 11.9 Å². The largest absolute Gasteiger partial charge is 0.486 e. The number of pyridine rings is 1. The fourth-order valence-corrected chi connectivity index (χ4v) is 2.17. The summed E-state index contributed by atoms with van der Waals surface area (Å²) in [5, 5.41) is 5.70. The highest BCUT2D eigenvalue weighted by Gasteiger charge is 2.15. The number of rotatable bonds is 2. The molecule has 1 aliphatic rings. The lowest BCUT2D eigenvalue weighted by Crippen LogP contribution is -2.34. The summed E-state index contributed by atoms with van der Waals surface area (Å²) in [6.45, 7) is 0.983. The number of carbonyl (C=O) groups excluding carboxylic acids is 1. The summed E-state index contributed by atoms with van der Waals surface area (Å²) in [6, 6.07) is 8.58. The van der Waals surface area contributed by atoms with Crippen molar-refractivity contribution in [3.05, 3.63) is 48.3 Å². The number of nitrogens with one attached hydrogen (secondary N) is 2. The summed E-state index contributed by atoms with van der Waals surface area (Å²) in [6.07, 6.45) is 3.27. The first-order valence-electron chi connectivity index (χ1n) is 6.64. The molecule has 112 valence electrons. The fraction of sp³-hybridized carbons (Fsp3) is 0.133. The summed E-state index contributed by atoms with van der Waals surface area (Å²) in [5.41, 5.74) is 1.15. The maximum atomic E-state index is 12.2. The van der Waals surface area contributed by atoms with Crippen molar-refractivity contribution in [1.29, 1.82) is 0 Å². The molecule has 3 rings (SSSR count). The molecule has 0 bridgehead atoms. The summed E-state index contributed by atoms with van der Waals surface area (Å²) >= 11 is 5.11. The smallest absolute Gasteiger partial charge is 0.257 e. The molecule has 1 aromatic heterocycles. The molecule has 22 heavy (non-hydrogen) atoms.